The molecule has 16 heavy (non-hydrogen) atoms. The molecule has 0 saturated heterocycles. The van der Waals surface area contributed by atoms with Crippen LogP contribution in [-0.2, 0) is 0 Å². The van der Waals surface area contributed by atoms with E-state index in [1.807, 2.05) is 6.92 Å². The van der Waals surface area contributed by atoms with Crippen molar-refractivity contribution in [1.29, 1.82) is 0 Å². The van der Waals surface area contributed by atoms with Gasteiger partial charge < -0.3 is 0 Å². The molecule has 0 fully saturated rings. The maximum atomic E-state index is 4.04. The first-order chi connectivity index (χ1) is 7.70. The van der Waals surface area contributed by atoms with Crippen LogP contribution in [0.5, 0.6) is 0 Å². The fraction of sp³-hybridized carbons (Fsp3) is 0.250. The molecule has 0 aliphatic heterocycles. The van der Waals surface area contributed by atoms with Crippen LogP contribution in [0.25, 0.3) is 11.1 Å². The normalized spacial score (nSPS) is 12.1. The summed E-state index contributed by atoms with van der Waals surface area (Å²) in [7, 11) is 0. The van der Waals surface area contributed by atoms with E-state index in [1.54, 1.807) is 0 Å². The molecule has 0 nitrogen and oxygen atoms in total. The molecule has 0 amide bonds. The molecule has 0 heterocycles. The van der Waals surface area contributed by atoms with Gasteiger partial charge in [-0.15, -0.1) is 0 Å². The summed E-state index contributed by atoms with van der Waals surface area (Å²) < 4.78 is 0. The zero-order chi connectivity index (χ0) is 12.0. The Balaban J connectivity index is 3.29. The second-order valence-corrected chi connectivity index (χ2v) is 3.89. The van der Waals surface area contributed by atoms with Gasteiger partial charge in [-0.3, -0.25) is 0 Å². The summed E-state index contributed by atoms with van der Waals surface area (Å²) in [6, 6.07) is 8.43. The van der Waals surface area contributed by atoms with Gasteiger partial charge in [0.15, 0.2) is 0 Å². The summed E-state index contributed by atoms with van der Waals surface area (Å²) in [6.07, 6.45) is 7.54. The lowest BCUT2D eigenvalue weighted by molar-refractivity contribution is 1.23. The summed E-state index contributed by atoms with van der Waals surface area (Å²) in [4.78, 5) is 0. The maximum absolute atomic E-state index is 4.04. The first-order valence-electron chi connectivity index (χ1n) is 5.78. The Morgan fingerprint density at radius 1 is 1.25 bits per heavy atom. The van der Waals surface area contributed by atoms with Crippen LogP contribution < -0.4 is 0 Å². The van der Waals surface area contributed by atoms with Crippen molar-refractivity contribution < 1.29 is 0 Å². The van der Waals surface area contributed by atoms with E-state index in [9.17, 15) is 0 Å². The van der Waals surface area contributed by atoms with Gasteiger partial charge in [0.2, 0.25) is 0 Å². The summed E-state index contributed by atoms with van der Waals surface area (Å²) in [5.74, 6) is 0. The molecule has 0 bridgehead atoms. The maximum Gasteiger partial charge on any atom is -0.0112 e. The van der Waals surface area contributed by atoms with Crippen LogP contribution in [0.4, 0.5) is 0 Å². The van der Waals surface area contributed by atoms with E-state index in [4.69, 9.17) is 0 Å². The molecular weight excluding hydrogens is 192 g/mol. The lowest BCUT2D eigenvalue weighted by Gasteiger charge is -2.10. The number of rotatable bonds is 4. The zero-order valence-electron chi connectivity index (χ0n) is 10.5. The average Bonchev–Trinajstić information content (AvgIpc) is 2.29. The van der Waals surface area contributed by atoms with Crippen LogP contribution in [-0.4, -0.2) is 0 Å². The number of allylic oxidation sites excluding steroid dienone is 5. The van der Waals surface area contributed by atoms with E-state index in [2.05, 4.69) is 62.9 Å². The number of hydrogen-bond donors (Lipinski definition) is 0. The molecule has 1 aromatic rings. The van der Waals surface area contributed by atoms with Gasteiger partial charge in [-0.05, 0) is 37.0 Å². The topological polar surface area (TPSA) is 0 Å². The van der Waals surface area contributed by atoms with Crippen LogP contribution in [0.1, 0.15) is 38.3 Å². The average molecular weight is 212 g/mol. The Hall–Kier alpha value is -1.56. The molecule has 0 unspecified atom stereocenters. The van der Waals surface area contributed by atoms with Gasteiger partial charge in [-0.2, -0.15) is 0 Å². The summed E-state index contributed by atoms with van der Waals surface area (Å²) >= 11 is 0. The van der Waals surface area contributed by atoms with E-state index in [1.165, 1.54) is 16.7 Å². The molecule has 0 saturated carbocycles. The molecule has 1 rings (SSSR count). The van der Waals surface area contributed by atoms with Gasteiger partial charge in [-0.1, -0.05) is 61.6 Å². The van der Waals surface area contributed by atoms with Gasteiger partial charge in [0, 0.05) is 0 Å². The predicted octanol–water partition coefficient (Wildman–Crippen LogP) is 5.09. The molecule has 0 aliphatic rings. The number of hydrogen-bond acceptors (Lipinski definition) is 0. The first kappa shape index (κ1) is 12.5. The molecule has 1 aromatic carbocycles. The molecule has 0 aliphatic carbocycles. The minimum atomic E-state index is 1.05. The SMILES string of the molecule is C=C(C)c1ccccc1C(C=CC)=CCC. The van der Waals surface area contributed by atoms with Crippen molar-refractivity contribution in [2.45, 2.75) is 27.2 Å². The quantitative estimate of drug-likeness (QED) is 0.610. The standard InChI is InChI=1S/C16H20/c1-5-9-14(10-6-2)16-12-8-7-11-15(16)13(3)4/h5,7-12H,3,6H2,1-2,4H3. The predicted molar refractivity (Wildman–Crippen MR) is 74.2 cm³/mol. The smallest absolute Gasteiger partial charge is 0.0112 e. The summed E-state index contributed by atoms with van der Waals surface area (Å²) in [5, 5.41) is 0. The molecule has 84 valence electrons. The fourth-order valence-electron chi connectivity index (χ4n) is 1.77. The molecule has 0 atom stereocenters. The van der Waals surface area contributed by atoms with Crippen molar-refractivity contribution in [2.75, 3.05) is 0 Å². The van der Waals surface area contributed by atoms with E-state index in [0.717, 1.165) is 12.0 Å². The molecule has 0 radical (unpaired) electrons. The van der Waals surface area contributed by atoms with Crippen molar-refractivity contribution in [3.63, 3.8) is 0 Å². The third-order valence-electron chi connectivity index (χ3n) is 2.47. The minimum absolute atomic E-state index is 1.05. The van der Waals surface area contributed by atoms with Gasteiger partial charge in [-0.25, -0.2) is 0 Å². The van der Waals surface area contributed by atoms with Crippen LogP contribution >= 0.6 is 0 Å². The van der Waals surface area contributed by atoms with Gasteiger partial charge in [0.25, 0.3) is 0 Å². The van der Waals surface area contributed by atoms with Gasteiger partial charge in [0.05, 0.1) is 0 Å². The highest BCUT2D eigenvalue weighted by Crippen LogP contribution is 2.25. The molecule has 0 N–H and O–H groups in total. The van der Waals surface area contributed by atoms with Crippen molar-refractivity contribution in [3.8, 4) is 0 Å². The van der Waals surface area contributed by atoms with Gasteiger partial charge in [0.1, 0.15) is 0 Å². The van der Waals surface area contributed by atoms with E-state index >= 15 is 0 Å². The molecule has 0 spiro atoms. The summed E-state index contributed by atoms with van der Waals surface area (Å²) in [6.45, 7) is 10.3. The van der Waals surface area contributed by atoms with Crippen molar-refractivity contribution in [3.05, 3.63) is 60.2 Å². The Kier molecular flexibility index (Phi) is 4.78. The Bertz CT molecular complexity index is 419. The molecule has 0 aromatic heterocycles. The van der Waals surface area contributed by atoms with E-state index in [0.29, 0.717) is 0 Å². The molecular formula is C16H20. The Morgan fingerprint density at radius 3 is 2.38 bits per heavy atom. The van der Waals surface area contributed by atoms with Crippen molar-refractivity contribution in [2.24, 2.45) is 0 Å². The van der Waals surface area contributed by atoms with E-state index in [-0.39, 0.29) is 0 Å². The van der Waals surface area contributed by atoms with Crippen LogP contribution in [0.15, 0.2) is 49.1 Å². The second-order valence-electron chi connectivity index (χ2n) is 3.89. The highest BCUT2D eigenvalue weighted by atomic mass is 14.1. The highest BCUT2D eigenvalue weighted by Gasteiger charge is 2.04. The van der Waals surface area contributed by atoms with E-state index < -0.39 is 0 Å². The van der Waals surface area contributed by atoms with Gasteiger partial charge >= 0.3 is 0 Å². The second kappa shape index (κ2) is 6.12. The number of benzene rings is 1. The highest BCUT2D eigenvalue weighted by molar-refractivity contribution is 5.82. The van der Waals surface area contributed by atoms with Crippen molar-refractivity contribution >= 4 is 11.1 Å². The minimum Gasteiger partial charge on any atom is -0.0955 e. The van der Waals surface area contributed by atoms with Crippen LogP contribution in [0, 0.1) is 0 Å². The zero-order valence-corrected chi connectivity index (χ0v) is 10.5. The Labute approximate surface area is 99.0 Å². The lowest BCUT2D eigenvalue weighted by Crippen LogP contribution is -1.89. The monoisotopic (exact) mass is 212 g/mol. The fourth-order valence-corrected chi connectivity index (χ4v) is 1.77. The molecule has 0 heteroatoms. The third kappa shape index (κ3) is 2.96. The van der Waals surface area contributed by atoms with Crippen LogP contribution in [0.3, 0.4) is 0 Å². The van der Waals surface area contributed by atoms with Crippen LogP contribution in [0.2, 0.25) is 0 Å². The first-order valence-corrected chi connectivity index (χ1v) is 5.78. The van der Waals surface area contributed by atoms with Crippen molar-refractivity contribution in [1.82, 2.24) is 0 Å². The lowest BCUT2D eigenvalue weighted by atomic mass is 9.95. The Morgan fingerprint density at radius 2 is 1.88 bits per heavy atom. The largest absolute Gasteiger partial charge is 0.0955 e. The summed E-state index contributed by atoms with van der Waals surface area (Å²) in [5.41, 5.74) is 4.90. The third-order valence-corrected chi connectivity index (χ3v) is 2.47.